The number of nitrogens with one attached hydrogen (secondary N) is 1. The van der Waals surface area contributed by atoms with Crippen LogP contribution in [0.3, 0.4) is 0 Å². The Hall–Kier alpha value is -0.590. The van der Waals surface area contributed by atoms with Crippen LogP contribution in [0, 0.1) is 11.3 Å². The van der Waals surface area contributed by atoms with Crippen LogP contribution in [0.25, 0.3) is 0 Å². The zero-order chi connectivity index (χ0) is 12.9. The first-order chi connectivity index (χ1) is 8.03. The molecule has 1 saturated carbocycles. The van der Waals surface area contributed by atoms with Crippen molar-refractivity contribution in [3.8, 4) is 6.07 Å². The Balaban J connectivity index is 2.35. The molecule has 0 aromatic rings. The van der Waals surface area contributed by atoms with Gasteiger partial charge in [-0.2, -0.15) is 5.26 Å². The molecule has 1 aliphatic carbocycles. The summed E-state index contributed by atoms with van der Waals surface area (Å²) in [6.45, 7) is 7.44. The lowest BCUT2D eigenvalue weighted by atomic mass is 9.91. The van der Waals surface area contributed by atoms with Crippen LogP contribution >= 0.6 is 0 Å². The first-order valence-electron chi connectivity index (χ1n) is 6.92. The summed E-state index contributed by atoms with van der Waals surface area (Å²) in [4.78, 5) is 2.44. The molecular formula is C14H27N3. The third-order valence-corrected chi connectivity index (χ3v) is 3.67. The molecule has 0 aliphatic heterocycles. The van der Waals surface area contributed by atoms with Crippen molar-refractivity contribution in [2.75, 3.05) is 13.6 Å². The van der Waals surface area contributed by atoms with Gasteiger partial charge in [-0.05, 0) is 59.5 Å². The number of rotatable bonds is 8. The molecule has 0 heterocycles. The van der Waals surface area contributed by atoms with Crippen LogP contribution in [-0.4, -0.2) is 36.1 Å². The molecule has 1 aliphatic rings. The standard InChI is InChI=1S/C14H27N3/c1-5-14(11-15,16-12(2)3)9-6-10-17(4)13-7-8-13/h12-13,16H,5-10H2,1-4H3. The Bertz CT molecular complexity index is 265. The Kier molecular flexibility index (Phi) is 5.42. The van der Waals surface area contributed by atoms with Crippen LogP contribution in [-0.2, 0) is 0 Å². The number of nitriles is 1. The third-order valence-electron chi connectivity index (χ3n) is 3.67. The van der Waals surface area contributed by atoms with Gasteiger partial charge in [0.05, 0.1) is 6.07 Å². The van der Waals surface area contributed by atoms with Gasteiger partial charge in [-0.25, -0.2) is 0 Å². The van der Waals surface area contributed by atoms with E-state index in [4.69, 9.17) is 0 Å². The molecule has 0 amide bonds. The molecule has 0 aromatic carbocycles. The maximum atomic E-state index is 9.39. The number of hydrogen-bond donors (Lipinski definition) is 1. The van der Waals surface area contributed by atoms with E-state index in [1.807, 2.05) is 0 Å². The summed E-state index contributed by atoms with van der Waals surface area (Å²) in [5.41, 5.74) is -0.321. The molecule has 1 fully saturated rings. The van der Waals surface area contributed by atoms with Gasteiger partial charge < -0.3 is 4.90 Å². The topological polar surface area (TPSA) is 39.1 Å². The van der Waals surface area contributed by atoms with E-state index >= 15 is 0 Å². The molecule has 0 radical (unpaired) electrons. The van der Waals surface area contributed by atoms with Crippen molar-refractivity contribution in [3.63, 3.8) is 0 Å². The summed E-state index contributed by atoms with van der Waals surface area (Å²) >= 11 is 0. The average Bonchev–Trinajstić information content (AvgIpc) is 3.10. The van der Waals surface area contributed by atoms with Crippen LogP contribution in [0.1, 0.15) is 52.9 Å². The Morgan fingerprint density at radius 3 is 2.53 bits per heavy atom. The van der Waals surface area contributed by atoms with Crippen molar-refractivity contribution >= 4 is 0 Å². The van der Waals surface area contributed by atoms with Gasteiger partial charge in [0.25, 0.3) is 0 Å². The van der Waals surface area contributed by atoms with Gasteiger partial charge in [0.1, 0.15) is 5.54 Å². The van der Waals surface area contributed by atoms with E-state index in [1.54, 1.807) is 0 Å². The lowest BCUT2D eigenvalue weighted by molar-refractivity contribution is 0.279. The van der Waals surface area contributed by atoms with E-state index in [-0.39, 0.29) is 5.54 Å². The van der Waals surface area contributed by atoms with Crippen LogP contribution in [0.2, 0.25) is 0 Å². The molecule has 1 unspecified atom stereocenters. The fourth-order valence-electron chi connectivity index (χ4n) is 2.40. The summed E-state index contributed by atoms with van der Waals surface area (Å²) in [6.07, 6.45) is 5.66. The van der Waals surface area contributed by atoms with E-state index in [2.05, 4.69) is 44.1 Å². The Morgan fingerprint density at radius 2 is 2.12 bits per heavy atom. The summed E-state index contributed by atoms with van der Waals surface area (Å²) in [5.74, 6) is 0. The van der Waals surface area contributed by atoms with Crippen molar-refractivity contribution < 1.29 is 0 Å². The van der Waals surface area contributed by atoms with Crippen LogP contribution in [0.4, 0.5) is 0 Å². The minimum absolute atomic E-state index is 0.321. The average molecular weight is 237 g/mol. The lowest BCUT2D eigenvalue weighted by Gasteiger charge is -2.29. The lowest BCUT2D eigenvalue weighted by Crippen LogP contribution is -2.47. The number of hydrogen-bond acceptors (Lipinski definition) is 3. The SMILES string of the molecule is CCC(C#N)(CCCN(C)C1CC1)NC(C)C. The first kappa shape index (κ1) is 14.5. The fraction of sp³-hybridized carbons (Fsp3) is 0.929. The predicted octanol–water partition coefficient (Wildman–Crippen LogP) is 2.53. The Morgan fingerprint density at radius 1 is 1.47 bits per heavy atom. The summed E-state index contributed by atoms with van der Waals surface area (Å²) < 4.78 is 0. The van der Waals surface area contributed by atoms with Crippen LogP contribution in [0.5, 0.6) is 0 Å². The summed E-state index contributed by atoms with van der Waals surface area (Å²) in [5, 5.41) is 12.8. The predicted molar refractivity (Wildman–Crippen MR) is 71.8 cm³/mol. The van der Waals surface area contributed by atoms with Gasteiger partial charge in [0, 0.05) is 12.1 Å². The zero-order valence-electron chi connectivity index (χ0n) is 11.8. The third kappa shape index (κ3) is 4.65. The largest absolute Gasteiger partial charge is 0.303 e. The second kappa shape index (κ2) is 6.37. The van der Waals surface area contributed by atoms with Crippen molar-refractivity contribution in [3.05, 3.63) is 0 Å². The van der Waals surface area contributed by atoms with Crippen molar-refractivity contribution in [1.29, 1.82) is 5.26 Å². The normalized spacial score (nSPS) is 19.4. The fourth-order valence-corrected chi connectivity index (χ4v) is 2.40. The molecular weight excluding hydrogens is 210 g/mol. The van der Waals surface area contributed by atoms with E-state index in [1.165, 1.54) is 12.8 Å². The van der Waals surface area contributed by atoms with E-state index in [0.29, 0.717) is 6.04 Å². The van der Waals surface area contributed by atoms with E-state index < -0.39 is 0 Å². The monoisotopic (exact) mass is 237 g/mol. The highest BCUT2D eigenvalue weighted by molar-refractivity contribution is 5.06. The molecule has 3 nitrogen and oxygen atoms in total. The van der Waals surface area contributed by atoms with Gasteiger partial charge in [-0.15, -0.1) is 0 Å². The first-order valence-corrected chi connectivity index (χ1v) is 6.92. The van der Waals surface area contributed by atoms with Crippen molar-refractivity contribution in [2.24, 2.45) is 0 Å². The molecule has 0 bridgehead atoms. The van der Waals surface area contributed by atoms with Gasteiger partial charge >= 0.3 is 0 Å². The van der Waals surface area contributed by atoms with E-state index in [9.17, 15) is 5.26 Å². The molecule has 0 aromatic heterocycles. The highest BCUT2D eigenvalue weighted by Crippen LogP contribution is 2.26. The van der Waals surface area contributed by atoms with Gasteiger partial charge in [0.15, 0.2) is 0 Å². The highest BCUT2D eigenvalue weighted by Gasteiger charge is 2.29. The molecule has 0 spiro atoms. The van der Waals surface area contributed by atoms with Crippen LogP contribution < -0.4 is 5.32 Å². The molecule has 1 N–H and O–H groups in total. The quantitative estimate of drug-likeness (QED) is 0.705. The van der Waals surface area contributed by atoms with E-state index in [0.717, 1.165) is 31.8 Å². The van der Waals surface area contributed by atoms with Gasteiger partial charge in [-0.3, -0.25) is 5.32 Å². The molecule has 0 saturated heterocycles. The zero-order valence-corrected chi connectivity index (χ0v) is 11.8. The second-order valence-corrected chi connectivity index (χ2v) is 5.66. The van der Waals surface area contributed by atoms with Crippen molar-refractivity contribution in [1.82, 2.24) is 10.2 Å². The molecule has 1 atom stereocenters. The molecule has 98 valence electrons. The smallest absolute Gasteiger partial charge is 0.106 e. The highest BCUT2D eigenvalue weighted by atomic mass is 15.1. The summed E-state index contributed by atoms with van der Waals surface area (Å²) in [6, 6.07) is 3.68. The minimum atomic E-state index is -0.321. The van der Waals surface area contributed by atoms with Gasteiger partial charge in [0.2, 0.25) is 0 Å². The second-order valence-electron chi connectivity index (χ2n) is 5.66. The maximum Gasteiger partial charge on any atom is 0.106 e. The molecule has 17 heavy (non-hydrogen) atoms. The number of nitrogens with zero attached hydrogens (tertiary/aromatic N) is 2. The molecule has 1 rings (SSSR count). The molecule has 3 heteroatoms. The Labute approximate surface area is 106 Å². The van der Waals surface area contributed by atoms with Crippen LogP contribution in [0.15, 0.2) is 0 Å². The summed E-state index contributed by atoms with van der Waals surface area (Å²) in [7, 11) is 2.20. The van der Waals surface area contributed by atoms with Gasteiger partial charge in [-0.1, -0.05) is 6.92 Å². The minimum Gasteiger partial charge on any atom is -0.303 e. The van der Waals surface area contributed by atoms with Crippen molar-refractivity contribution in [2.45, 2.75) is 70.5 Å². The maximum absolute atomic E-state index is 9.39.